The van der Waals surface area contributed by atoms with E-state index in [2.05, 4.69) is 11.8 Å². The number of halogens is 1. The number of benzene rings is 2. The third kappa shape index (κ3) is 2.88. The number of hydrogen-bond acceptors (Lipinski definition) is 2. The summed E-state index contributed by atoms with van der Waals surface area (Å²) in [7, 11) is 0. The number of nitrogen functional groups attached to an aromatic ring is 1. The molecule has 3 N–H and O–H groups in total. The van der Waals surface area contributed by atoms with E-state index in [0.717, 1.165) is 17.9 Å². The zero-order valence-corrected chi connectivity index (χ0v) is 11.5. The standard InChI is InChI=1S/C15H16ClN3/c1-2-19(12-6-4-3-5-7-12)14-10-11(16)8-9-13(14)15(17)18/h3-10H,2H2,1H3,(H3,17,18). The van der Waals surface area contributed by atoms with E-state index < -0.39 is 0 Å². The zero-order chi connectivity index (χ0) is 13.8. The average Bonchev–Trinajstić information content (AvgIpc) is 2.40. The van der Waals surface area contributed by atoms with Crippen LogP contribution < -0.4 is 10.6 Å². The van der Waals surface area contributed by atoms with Crippen LogP contribution in [0.1, 0.15) is 12.5 Å². The van der Waals surface area contributed by atoms with Gasteiger partial charge in [0.2, 0.25) is 0 Å². The van der Waals surface area contributed by atoms with Gasteiger partial charge < -0.3 is 10.6 Å². The van der Waals surface area contributed by atoms with Crippen molar-refractivity contribution in [1.29, 1.82) is 5.41 Å². The Morgan fingerprint density at radius 1 is 1.21 bits per heavy atom. The van der Waals surface area contributed by atoms with Gasteiger partial charge in [-0.1, -0.05) is 29.8 Å². The molecule has 0 aromatic heterocycles. The number of anilines is 2. The molecule has 19 heavy (non-hydrogen) atoms. The highest BCUT2D eigenvalue weighted by molar-refractivity contribution is 6.31. The molecule has 2 rings (SSSR count). The Kier molecular flexibility index (Phi) is 4.07. The Morgan fingerprint density at radius 3 is 2.47 bits per heavy atom. The number of para-hydroxylation sites is 1. The minimum atomic E-state index is 0.0426. The summed E-state index contributed by atoms with van der Waals surface area (Å²) < 4.78 is 0. The van der Waals surface area contributed by atoms with E-state index in [1.165, 1.54) is 0 Å². The number of hydrogen-bond donors (Lipinski definition) is 2. The van der Waals surface area contributed by atoms with Crippen LogP contribution >= 0.6 is 11.6 Å². The summed E-state index contributed by atoms with van der Waals surface area (Å²) in [5.74, 6) is 0.0426. The Morgan fingerprint density at radius 2 is 1.89 bits per heavy atom. The number of nitrogens with two attached hydrogens (primary N) is 1. The van der Waals surface area contributed by atoms with Crippen molar-refractivity contribution >= 4 is 28.8 Å². The van der Waals surface area contributed by atoms with Crippen molar-refractivity contribution in [1.82, 2.24) is 0 Å². The van der Waals surface area contributed by atoms with Gasteiger partial charge in [0, 0.05) is 22.8 Å². The maximum Gasteiger partial charge on any atom is 0.124 e. The second-order valence-electron chi connectivity index (χ2n) is 4.15. The molecule has 0 aliphatic heterocycles. The first-order valence-corrected chi connectivity index (χ1v) is 6.47. The summed E-state index contributed by atoms with van der Waals surface area (Å²) in [6.45, 7) is 2.82. The summed E-state index contributed by atoms with van der Waals surface area (Å²) in [5, 5.41) is 8.32. The van der Waals surface area contributed by atoms with E-state index in [0.29, 0.717) is 10.6 Å². The van der Waals surface area contributed by atoms with Crippen LogP contribution in [-0.4, -0.2) is 12.4 Å². The van der Waals surface area contributed by atoms with Crippen molar-refractivity contribution in [3.63, 3.8) is 0 Å². The maximum atomic E-state index is 7.69. The van der Waals surface area contributed by atoms with Crippen LogP contribution in [0.15, 0.2) is 48.5 Å². The van der Waals surface area contributed by atoms with Crippen molar-refractivity contribution in [3.05, 3.63) is 59.1 Å². The molecule has 0 fully saturated rings. The molecule has 0 bridgehead atoms. The summed E-state index contributed by atoms with van der Waals surface area (Å²) in [6.07, 6.45) is 0. The van der Waals surface area contributed by atoms with Gasteiger partial charge in [-0.3, -0.25) is 5.41 Å². The molecule has 0 unspecified atom stereocenters. The lowest BCUT2D eigenvalue weighted by molar-refractivity contribution is 1.02. The molecular formula is C15H16ClN3. The Labute approximate surface area is 118 Å². The first kappa shape index (κ1) is 13.4. The van der Waals surface area contributed by atoms with Crippen molar-refractivity contribution < 1.29 is 0 Å². The quantitative estimate of drug-likeness (QED) is 0.658. The van der Waals surface area contributed by atoms with Crippen LogP contribution in [0.4, 0.5) is 11.4 Å². The molecule has 0 atom stereocenters. The van der Waals surface area contributed by atoms with Crippen LogP contribution in [0.2, 0.25) is 5.02 Å². The van der Waals surface area contributed by atoms with E-state index >= 15 is 0 Å². The molecule has 4 heteroatoms. The monoisotopic (exact) mass is 273 g/mol. The lowest BCUT2D eigenvalue weighted by atomic mass is 10.1. The molecule has 0 heterocycles. The normalized spacial score (nSPS) is 10.2. The number of rotatable bonds is 4. The smallest absolute Gasteiger partial charge is 0.124 e. The summed E-state index contributed by atoms with van der Waals surface area (Å²) in [5.41, 5.74) is 8.24. The zero-order valence-electron chi connectivity index (χ0n) is 10.7. The Hall–Kier alpha value is -2.00. The first-order chi connectivity index (χ1) is 9.13. The molecule has 0 spiro atoms. The highest BCUT2D eigenvalue weighted by atomic mass is 35.5. The van der Waals surface area contributed by atoms with Gasteiger partial charge >= 0.3 is 0 Å². The number of nitrogens with zero attached hydrogens (tertiary/aromatic N) is 1. The topological polar surface area (TPSA) is 53.1 Å². The van der Waals surface area contributed by atoms with E-state index in [9.17, 15) is 0 Å². The van der Waals surface area contributed by atoms with Gasteiger partial charge in [-0.15, -0.1) is 0 Å². The predicted octanol–water partition coefficient (Wildman–Crippen LogP) is 3.78. The molecule has 98 valence electrons. The summed E-state index contributed by atoms with van der Waals surface area (Å²) >= 11 is 6.07. The average molecular weight is 274 g/mol. The van der Waals surface area contributed by atoms with Crippen molar-refractivity contribution in [2.45, 2.75) is 6.92 Å². The van der Waals surface area contributed by atoms with Crippen LogP contribution in [-0.2, 0) is 0 Å². The van der Waals surface area contributed by atoms with Gasteiger partial charge in [-0.25, -0.2) is 0 Å². The fourth-order valence-electron chi connectivity index (χ4n) is 2.06. The van der Waals surface area contributed by atoms with E-state index in [1.807, 2.05) is 36.4 Å². The van der Waals surface area contributed by atoms with Gasteiger partial charge in [-0.2, -0.15) is 0 Å². The fourth-order valence-corrected chi connectivity index (χ4v) is 2.22. The highest BCUT2D eigenvalue weighted by Gasteiger charge is 2.13. The van der Waals surface area contributed by atoms with Gasteiger partial charge in [0.1, 0.15) is 5.84 Å². The van der Waals surface area contributed by atoms with Crippen LogP contribution in [0.3, 0.4) is 0 Å². The van der Waals surface area contributed by atoms with E-state index in [-0.39, 0.29) is 5.84 Å². The molecule has 3 nitrogen and oxygen atoms in total. The number of amidine groups is 1. The first-order valence-electron chi connectivity index (χ1n) is 6.10. The minimum absolute atomic E-state index is 0.0426. The third-order valence-electron chi connectivity index (χ3n) is 2.92. The SMILES string of the molecule is CCN(c1ccccc1)c1cc(Cl)ccc1C(=N)N. The predicted molar refractivity (Wildman–Crippen MR) is 81.6 cm³/mol. The summed E-state index contributed by atoms with van der Waals surface area (Å²) in [4.78, 5) is 2.09. The number of nitrogens with one attached hydrogen (secondary N) is 1. The van der Waals surface area contributed by atoms with Crippen LogP contribution in [0.25, 0.3) is 0 Å². The molecule has 0 saturated carbocycles. The van der Waals surface area contributed by atoms with Gasteiger partial charge in [0.15, 0.2) is 0 Å². The van der Waals surface area contributed by atoms with Gasteiger partial charge in [0.25, 0.3) is 0 Å². The lowest BCUT2D eigenvalue weighted by Gasteiger charge is -2.25. The molecular weight excluding hydrogens is 258 g/mol. The van der Waals surface area contributed by atoms with Crippen LogP contribution in [0.5, 0.6) is 0 Å². The van der Waals surface area contributed by atoms with Crippen molar-refractivity contribution in [2.24, 2.45) is 5.73 Å². The molecule has 0 amide bonds. The molecule has 2 aromatic rings. The summed E-state index contributed by atoms with van der Waals surface area (Å²) in [6, 6.07) is 15.4. The van der Waals surface area contributed by atoms with Crippen LogP contribution in [0, 0.1) is 5.41 Å². The highest BCUT2D eigenvalue weighted by Crippen LogP contribution is 2.30. The molecule has 0 radical (unpaired) electrons. The molecule has 0 aliphatic carbocycles. The second kappa shape index (κ2) is 5.76. The van der Waals surface area contributed by atoms with E-state index in [1.54, 1.807) is 12.1 Å². The van der Waals surface area contributed by atoms with Gasteiger partial charge in [0.05, 0.1) is 5.69 Å². The molecule has 0 saturated heterocycles. The fraction of sp³-hybridized carbons (Fsp3) is 0.133. The Balaban J connectivity index is 2.55. The molecule has 2 aromatic carbocycles. The largest absolute Gasteiger partial charge is 0.384 e. The third-order valence-corrected chi connectivity index (χ3v) is 3.16. The van der Waals surface area contributed by atoms with Crippen molar-refractivity contribution in [2.75, 3.05) is 11.4 Å². The van der Waals surface area contributed by atoms with Crippen molar-refractivity contribution in [3.8, 4) is 0 Å². The lowest BCUT2D eigenvalue weighted by Crippen LogP contribution is -2.21. The minimum Gasteiger partial charge on any atom is -0.384 e. The van der Waals surface area contributed by atoms with E-state index in [4.69, 9.17) is 22.7 Å². The molecule has 0 aliphatic rings. The van der Waals surface area contributed by atoms with Gasteiger partial charge in [-0.05, 0) is 37.3 Å². The second-order valence-corrected chi connectivity index (χ2v) is 4.59. The Bertz CT molecular complexity index is 581. The maximum absolute atomic E-state index is 7.69.